The van der Waals surface area contributed by atoms with Gasteiger partial charge in [0.2, 0.25) is 0 Å². The highest BCUT2D eigenvalue weighted by Gasteiger charge is 2.38. The highest BCUT2D eigenvalue weighted by molar-refractivity contribution is 6.15. The van der Waals surface area contributed by atoms with Gasteiger partial charge in [-0.15, -0.1) is 0 Å². The molecule has 2 atom stereocenters. The molecular weight excluding hydrogens is 763 g/mol. The van der Waals surface area contributed by atoms with Crippen molar-refractivity contribution in [2.75, 3.05) is 54.4 Å². The maximum atomic E-state index is 14.0. The number of para-hydroxylation sites is 2. The van der Waals surface area contributed by atoms with Crippen molar-refractivity contribution in [2.24, 2.45) is 4.99 Å². The lowest BCUT2D eigenvalue weighted by atomic mass is 10.1. The van der Waals surface area contributed by atoms with Crippen molar-refractivity contribution >= 4 is 52.4 Å². The first-order chi connectivity index (χ1) is 29.2. The number of hydrogen-bond donors (Lipinski definition) is 2. The van der Waals surface area contributed by atoms with Crippen LogP contribution in [0.15, 0.2) is 96.0 Å². The number of carbonyl (C=O) groups is 3. The van der Waals surface area contributed by atoms with Crippen molar-refractivity contribution in [1.29, 1.82) is 0 Å². The van der Waals surface area contributed by atoms with E-state index in [4.69, 9.17) is 23.9 Å². The molecule has 2 amide bonds. The van der Waals surface area contributed by atoms with Gasteiger partial charge in [-0.3, -0.25) is 24.3 Å². The van der Waals surface area contributed by atoms with Crippen LogP contribution in [0.1, 0.15) is 55.8 Å². The Hall–Kier alpha value is -7.02. The van der Waals surface area contributed by atoms with Gasteiger partial charge in [0.1, 0.15) is 13.2 Å². The molecule has 0 aliphatic carbocycles. The highest BCUT2D eigenvalue weighted by atomic mass is 16.5. The number of anilines is 4. The van der Waals surface area contributed by atoms with E-state index < -0.39 is 5.97 Å². The zero-order chi connectivity index (χ0) is 41.5. The van der Waals surface area contributed by atoms with Crippen LogP contribution in [0.3, 0.4) is 0 Å². The fourth-order valence-corrected chi connectivity index (χ4v) is 8.65. The molecule has 0 saturated heterocycles. The number of fused-ring (bicyclic) bond motifs is 8. The first kappa shape index (κ1) is 38.5. The van der Waals surface area contributed by atoms with Gasteiger partial charge in [-0.1, -0.05) is 36.4 Å². The molecule has 60 heavy (non-hydrogen) atoms. The van der Waals surface area contributed by atoms with Crippen LogP contribution in [0.4, 0.5) is 28.4 Å². The molecule has 9 rings (SSSR count). The molecule has 0 unspecified atom stereocenters. The van der Waals surface area contributed by atoms with Gasteiger partial charge in [0.05, 0.1) is 48.8 Å². The van der Waals surface area contributed by atoms with Crippen LogP contribution in [0.25, 0.3) is 0 Å². The van der Waals surface area contributed by atoms with Crippen LogP contribution in [0.2, 0.25) is 0 Å². The molecule has 0 radical (unpaired) electrons. The molecule has 0 spiro atoms. The molecule has 5 aromatic carbocycles. The largest absolute Gasteiger partial charge is 0.493 e. The summed E-state index contributed by atoms with van der Waals surface area (Å²) in [5.41, 5.74) is 8.71. The molecule has 0 saturated carbocycles. The van der Waals surface area contributed by atoms with Gasteiger partial charge in [-0.2, -0.15) is 0 Å². The SMILES string of the molecule is COc1cc2c(cc1OCc1cc(COc3cc4c(cc3OC)C(=O)N3c5ccccc5C[C@H]3CN4)cc(N(C)CCCC(=O)O)c1)N=C[C@@H]1Cc3ccccc3N1C2=O. The van der Waals surface area contributed by atoms with E-state index >= 15 is 0 Å². The molecule has 5 aromatic rings. The van der Waals surface area contributed by atoms with Gasteiger partial charge in [0.25, 0.3) is 11.8 Å². The maximum absolute atomic E-state index is 14.0. The summed E-state index contributed by atoms with van der Waals surface area (Å²) in [5, 5.41) is 12.8. The Morgan fingerprint density at radius 3 is 2.08 bits per heavy atom. The van der Waals surface area contributed by atoms with E-state index in [1.807, 2.05) is 89.8 Å². The Balaban J connectivity index is 0.969. The summed E-state index contributed by atoms with van der Waals surface area (Å²) in [7, 11) is 5.02. The minimum absolute atomic E-state index is 0.00890. The minimum atomic E-state index is -0.846. The average Bonchev–Trinajstić information content (AvgIpc) is 3.75. The van der Waals surface area contributed by atoms with E-state index in [9.17, 15) is 19.5 Å². The summed E-state index contributed by atoms with van der Waals surface area (Å²) >= 11 is 0. The number of carbonyl (C=O) groups excluding carboxylic acids is 2. The number of benzene rings is 5. The van der Waals surface area contributed by atoms with E-state index in [0.717, 1.165) is 45.7 Å². The topological polar surface area (TPSA) is 142 Å². The third-order valence-electron chi connectivity index (χ3n) is 11.6. The monoisotopic (exact) mass is 807 g/mol. The number of rotatable bonds is 13. The van der Waals surface area contributed by atoms with E-state index in [-0.39, 0.29) is 43.5 Å². The third kappa shape index (κ3) is 7.20. The molecule has 0 bridgehead atoms. The van der Waals surface area contributed by atoms with Gasteiger partial charge in [-0.05, 0) is 77.6 Å². The van der Waals surface area contributed by atoms with E-state index in [1.165, 1.54) is 0 Å². The van der Waals surface area contributed by atoms with Gasteiger partial charge < -0.3 is 39.2 Å². The number of nitrogens with zero attached hydrogens (tertiary/aromatic N) is 4. The summed E-state index contributed by atoms with van der Waals surface area (Å²) in [5.74, 6) is 0.663. The molecular formula is C47H45N5O8. The van der Waals surface area contributed by atoms with Crippen LogP contribution < -0.4 is 39.0 Å². The quantitative estimate of drug-likeness (QED) is 0.123. The fourth-order valence-electron chi connectivity index (χ4n) is 8.65. The van der Waals surface area contributed by atoms with E-state index in [1.54, 1.807) is 37.3 Å². The molecule has 4 heterocycles. The summed E-state index contributed by atoms with van der Waals surface area (Å²) in [6, 6.07) is 28.7. The molecule has 13 nitrogen and oxygen atoms in total. The highest BCUT2D eigenvalue weighted by Crippen LogP contribution is 2.43. The van der Waals surface area contributed by atoms with Gasteiger partial charge in [0.15, 0.2) is 23.0 Å². The number of nitrogens with one attached hydrogen (secondary N) is 1. The zero-order valence-electron chi connectivity index (χ0n) is 33.6. The number of carboxylic acids is 1. The summed E-state index contributed by atoms with van der Waals surface area (Å²) < 4.78 is 24.4. The zero-order valence-corrected chi connectivity index (χ0v) is 33.6. The lowest BCUT2D eigenvalue weighted by Crippen LogP contribution is -2.39. The lowest BCUT2D eigenvalue weighted by molar-refractivity contribution is -0.137. The summed E-state index contributed by atoms with van der Waals surface area (Å²) in [6.45, 7) is 1.41. The number of amides is 2. The summed E-state index contributed by atoms with van der Waals surface area (Å²) in [6.07, 6.45) is 3.81. The number of hydrogen-bond acceptors (Lipinski definition) is 10. The second kappa shape index (κ2) is 16.0. The van der Waals surface area contributed by atoms with E-state index in [2.05, 4.69) is 11.4 Å². The molecule has 4 aliphatic heterocycles. The van der Waals surface area contributed by atoms with Crippen LogP contribution >= 0.6 is 0 Å². The molecule has 4 aliphatic rings. The predicted molar refractivity (Wildman–Crippen MR) is 229 cm³/mol. The Labute approximate surface area is 347 Å². The first-order valence-electron chi connectivity index (χ1n) is 20.1. The van der Waals surface area contributed by atoms with Crippen LogP contribution in [0, 0.1) is 0 Å². The number of ether oxygens (including phenoxy) is 4. The molecule has 0 fully saturated rings. The number of methoxy groups -OCH3 is 2. The lowest BCUT2D eigenvalue weighted by Gasteiger charge is -2.23. The Morgan fingerprint density at radius 2 is 1.40 bits per heavy atom. The Kier molecular flexibility index (Phi) is 10.2. The minimum Gasteiger partial charge on any atom is -0.493 e. The maximum Gasteiger partial charge on any atom is 0.303 e. The van der Waals surface area contributed by atoms with Gasteiger partial charge in [-0.25, -0.2) is 0 Å². The van der Waals surface area contributed by atoms with Crippen LogP contribution in [0.5, 0.6) is 23.0 Å². The van der Waals surface area contributed by atoms with Crippen molar-refractivity contribution in [3.05, 3.63) is 124 Å². The molecule has 306 valence electrons. The Bertz CT molecular complexity index is 2560. The molecule has 2 N–H and O–H groups in total. The van der Waals surface area contributed by atoms with Gasteiger partial charge >= 0.3 is 5.97 Å². The fraction of sp³-hybridized carbons (Fsp3) is 0.277. The Morgan fingerprint density at radius 1 is 0.783 bits per heavy atom. The van der Waals surface area contributed by atoms with Crippen LogP contribution in [-0.4, -0.2) is 75.5 Å². The smallest absolute Gasteiger partial charge is 0.303 e. The predicted octanol–water partition coefficient (Wildman–Crippen LogP) is 7.45. The second-order valence-electron chi connectivity index (χ2n) is 15.5. The molecule has 0 aromatic heterocycles. The number of aliphatic carboxylic acids is 1. The molecule has 13 heteroatoms. The second-order valence-corrected chi connectivity index (χ2v) is 15.5. The van der Waals surface area contributed by atoms with Crippen molar-refractivity contribution in [1.82, 2.24) is 0 Å². The third-order valence-corrected chi connectivity index (χ3v) is 11.6. The van der Waals surface area contributed by atoms with Crippen molar-refractivity contribution in [3.63, 3.8) is 0 Å². The van der Waals surface area contributed by atoms with Gasteiger partial charge in [0, 0.05) is 68.4 Å². The standard InChI is InChI=1S/C47H45N5O8/c1-50(14-8-13-45(53)54)32-16-28(26-59-43-22-37-35(20-41(43)57-2)46(55)51-33(24-48-37)18-30-9-4-6-11-39(30)51)15-29(17-32)27-60-44-23-38-36(21-42(44)58-3)47(56)52-34(25-49-38)19-31-10-5-7-12-40(31)52/h4-7,9-12,15-17,20-24,33-34,49H,8,13-14,18-19,25-27H2,1-3H3,(H,53,54)/t33-,34-/m0/s1. The first-order valence-corrected chi connectivity index (χ1v) is 20.1. The number of carboxylic acid groups (broad SMARTS) is 1. The van der Waals surface area contributed by atoms with Crippen LogP contribution in [-0.2, 0) is 30.8 Å². The number of aliphatic imine (C=N–C) groups is 1. The van der Waals surface area contributed by atoms with Crippen molar-refractivity contribution < 1.29 is 38.4 Å². The van der Waals surface area contributed by atoms with Crippen molar-refractivity contribution in [2.45, 2.75) is 51.0 Å². The normalized spacial score (nSPS) is 16.9. The summed E-state index contributed by atoms with van der Waals surface area (Å²) in [4.78, 5) is 49.7. The van der Waals surface area contributed by atoms with Crippen molar-refractivity contribution in [3.8, 4) is 23.0 Å². The van der Waals surface area contributed by atoms with E-state index in [0.29, 0.717) is 71.4 Å². The average molecular weight is 808 g/mol.